The maximum absolute atomic E-state index is 13.3. The van der Waals surface area contributed by atoms with Crippen molar-refractivity contribution in [3.63, 3.8) is 0 Å². The molecule has 662 valence electrons. The topological polar surface area (TPSA) is 523 Å². The van der Waals surface area contributed by atoms with E-state index in [4.69, 9.17) is 94.7 Å². The van der Waals surface area contributed by atoms with Crippen molar-refractivity contribution in [2.45, 2.75) is 168 Å². The molecule has 38 heteroatoms. The molecule has 3 unspecified atom stereocenters. The molecule has 38 nitrogen and oxygen atoms in total. The van der Waals surface area contributed by atoms with Crippen LogP contribution in [0.5, 0.6) is 51.7 Å². The third-order valence-electron chi connectivity index (χ3n) is 22.2. The minimum absolute atomic E-state index is 0.0516. The number of benzene rings is 9. The average Bonchev–Trinajstić information content (AvgIpc) is 1.48. The summed E-state index contributed by atoms with van der Waals surface area (Å²) in [5, 5.41) is 106. The van der Waals surface area contributed by atoms with Crippen LogP contribution in [0.2, 0.25) is 0 Å². The van der Waals surface area contributed by atoms with E-state index in [1.54, 1.807) is 91.0 Å². The Morgan fingerprint density at radius 2 is 0.611 bits per heavy atom. The number of aliphatic hydroxyl groups is 10. The number of rotatable bonds is 20. The number of ether oxygens (including phenoxy) is 20. The van der Waals surface area contributed by atoms with Gasteiger partial charge in [0, 0.05) is 84.2 Å². The second kappa shape index (κ2) is 36.0. The smallest absolute Gasteiger partial charge is 0.339 e. The molecule has 0 aromatic heterocycles. The van der Waals surface area contributed by atoms with E-state index in [-0.39, 0.29) is 101 Å². The molecule has 3 fully saturated rings. The van der Waals surface area contributed by atoms with E-state index < -0.39 is 155 Å². The first kappa shape index (κ1) is 86.7. The molecule has 0 amide bonds. The van der Waals surface area contributed by atoms with Crippen LogP contribution in [-0.4, -0.2) is 213 Å². The number of hydrogen-bond donors (Lipinski definition) is 10. The normalized spacial score (nSPS) is 22.5. The molecule has 9 aliphatic rings. The van der Waals surface area contributed by atoms with Gasteiger partial charge in [-0.1, -0.05) is 18.2 Å². The largest absolute Gasteiger partial charge is 0.461 e. The highest BCUT2D eigenvalue weighted by atomic mass is 16.7. The first-order chi connectivity index (χ1) is 60.7. The van der Waals surface area contributed by atoms with Crippen molar-refractivity contribution in [1.29, 1.82) is 0 Å². The number of esters is 8. The number of fused-ring (bicyclic) bond motifs is 9. The van der Waals surface area contributed by atoms with Gasteiger partial charge in [0.1, 0.15) is 55.4 Å². The Hall–Kier alpha value is -12.8. The van der Waals surface area contributed by atoms with Crippen molar-refractivity contribution >= 4 is 80.1 Å². The van der Waals surface area contributed by atoms with Crippen LogP contribution in [0.15, 0.2) is 91.0 Å². The molecule has 9 aromatic rings. The highest BCUT2D eigenvalue weighted by molar-refractivity contribution is 6.16. The van der Waals surface area contributed by atoms with Gasteiger partial charge in [0.25, 0.3) is 0 Å². The first-order valence-electron chi connectivity index (χ1n) is 39.4. The van der Waals surface area contributed by atoms with Crippen LogP contribution < -0.4 is 42.6 Å². The second-order valence-electron chi connectivity index (χ2n) is 30.1. The van der Waals surface area contributed by atoms with Gasteiger partial charge in [0.05, 0.1) is 76.2 Å². The van der Waals surface area contributed by atoms with Crippen molar-refractivity contribution in [1.82, 2.24) is 0 Å². The number of aliphatic hydroxyl groups excluding tert-OH is 10. The lowest BCUT2D eigenvalue weighted by atomic mass is 9.87. The van der Waals surface area contributed by atoms with Gasteiger partial charge in [-0.25, -0.2) is 14.4 Å². The summed E-state index contributed by atoms with van der Waals surface area (Å²) in [6, 6.07) is 25.5. The van der Waals surface area contributed by atoms with Crippen LogP contribution in [0.25, 0.3) is 65.7 Å². The lowest BCUT2D eigenvalue weighted by Crippen LogP contribution is -2.57. The minimum atomic E-state index is -1.60. The zero-order valence-electron chi connectivity index (χ0n) is 67.6. The SMILES string of the molecule is CC(=O)O[C@@H]1COC(Oc2c3c(c(-c4ccc5c(c4)OCO5)c4cc(CO)c(CO)cc24)C(=O)OC3)[C@H](OC(C)=O)[C@H]1O.CC(=O)O[C@H]1C(Oc2c3c(c(-c4ccc5c(c4)OCO5)c4cc(CO)c(CO)cc24)C(=O)OC3)OC[C@@H](O)[C@@H]1O.CC(=O)O[C@H]1[C@H](OC(C)=O)COC(Oc2c3c(c(-c4ccc5c(c4)OCO5)c4cc(CO)c(CO)cc24)C(=O)OC3)[C@@H]1O. The van der Waals surface area contributed by atoms with Crippen LogP contribution in [0.3, 0.4) is 0 Å². The standard InChI is InChI=1S/2C30H28O13.C28H26O12/c1-13(33)41-23-11-38-30(26(35)28(23)42-14(2)34)43-27-19-6-17(9-32)16(8-31)5-18(19)24(25-20(27)10-37-29(25)36)15-3-4-21-22(7-15)40-12-39-21;1-13(33)41-23-11-38-30(28(26(23)35)42-14(2)34)43-27-19-6-17(9-32)16(8-31)5-18(19)24(25-20(27)10-37-29(25)36)15-3-4-21-22(7-15)40-12-39-21;1-12(31)39-26-24(33)19(32)10-36-28(26)40-25-17-5-15(8-30)14(7-29)4-16(17)22(23-18(25)9-35-27(23)34)13-2-3-20-21(6-13)38-11-37-20/h2*3-7,23,26,28,30-32,35H,8-12H2,1-2H3;2-6,19,24,26,28-30,32-33H,7-11H2,1H3/t23-,26-,28+,30?;23-,26+,28-,30?;19-,24+,26-,28?/m111/s1. The fourth-order valence-corrected chi connectivity index (χ4v) is 16.5. The molecule has 0 aliphatic carbocycles. The third-order valence-corrected chi connectivity index (χ3v) is 22.2. The average molecular weight is 1750 g/mol. The van der Waals surface area contributed by atoms with Crippen molar-refractivity contribution in [3.05, 3.63) is 158 Å². The molecule has 0 bridgehead atoms. The predicted molar refractivity (Wildman–Crippen MR) is 422 cm³/mol. The Labute approximate surface area is 712 Å². The summed E-state index contributed by atoms with van der Waals surface area (Å²) in [5.74, 6) is -1.87. The summed E-state index contributed by atoms with van der Waals surface area (Å²) >= 11 is 0. The fourth-order valence-electron chi connectivity index (χ4n) is 16.5. The van der Waals surface area contributed by atoms with Gasteiger partial charge in [0.2, 0.25) is 39.2 Å². The summed E-state index contributed by atoms with van der Waals surface area (Å²) in [4.78, 5) is 98.4. The van der Waals surface area contributed by atoms with Gasteiger partial charge in [-0.15, -0.1) is 0 Å². The number of carbonyl (C=O) groups excluding carboxylic acids is 8. The highest BCUT2D eigenvalue weighted by Crippen LogP contribution is 2.53. The number of cyclic esters (lactones) is 3. The lowest BCUT2D eigenvalue weighted by Gasteiger charge is -2.38. The molecule has 0 saturated carbocycles. The summed E-state index contributed by atoms with van der Waals surface area (Å²) < 4.78 is 111. The van der Waals surface area contributed by atoms with Gasteiger partial charge >= 0.3 is 47.8 Å². The molecular formula is C88H82O38. The van der Waals surface area contributed by atoms with Gasteiger partial charge in [-0.3, -0.25) is 24.0 Å². The maximum atomic E-state index is 13.3. The van der Waals surface area contributed by atoms with E-state index in [0.717, 1.165) is 20.8 Å². The van der Waals surface area contributed by atoms with Crippen molar-refractivity contribution in [3.8, 4) is 85.1 Å². The zero-order chi connectivity index (χ0) is 89.0. The number of hydrogen-bond acceptors (Lipinski definition) is 38. The Morgan fingerprint density at radius 1 is 0.317 bits per heavy atom. The summed E-state index contributed by atoms with van der Waals surface area (Å²) in [6.45, 7) is 2.26. The van der Waals surface area contributed by atoms with Crippen LogP contribution in [0.1, 0.15) is 116 Å². The first-order valence-corrected chi connectivity index (χ1v) is 39.4. The molecule has 9 aromatic carbocycles. The molecule has 0 radical (unpaired) electrons. The van der Waals surface area contributed by atoms with Crippen LogP contribution in [0.4, 0.5) is 0 Å². The van der Waals surface area contributed by atoms with E-state index in [2.05, 4.69) is 0 Å². The summed E-state index contributed by atoms with van der Waals surface area (Å²) in [6.07, 6.45) is -16.4. The molecule has 9 heterocycles. The molecule has 12 atom stereocenters. The molecule has 126 heavy (non-hydrogen) atoms. The Kier molecular flexibility index (Phi) is 24.8. The van der Waals surface area contributed by atoms with Crippen molar-refractivity contribution in [2.24, 2.45) is 0 Å². The minimum Gasteiger partial charge on any atom is -0.461 e. The lowest BCUT2D eigenvalue weighted by molar-refractivity contribution is -0.254. The molecule has 3 saturated heterocycles. The Morgan fingerprint density at radius 3 is 0.960 bits per heavy atom. The van der Waals surface area contributed by atoms with Crippen molar-refractivity contribution in [2.75, 3.05) is 40.2 Å². The second-order valence-corrected chi connectivity index (χ2v) is 30.1. The van der Waals surface area contributed by atoms with Crippen LogP contribution in [-0.2, 0) is 136 Å². The maximum Gasteiger partial charge on any atom is 0.339 e. The van der Waals surface area contributed by atoms with E-state index >= 15 is 0 Å². The van der Waals surface area contributed by atoms with E-state index in [9.17, 15) is 89.4 Å². The third kappa shape index (κ3) is 16.5. The van der Waals surface area contributed by atoms with Gasteiger partial charge in [0.15, 0.2) is 71.1 Å². The van der Waals surface area contributed by atoms with E-state index in [1.807, 2.05) is 0 Å². The monoisotopic (exact) mass is 1750 g/mol. The van der Waals surface area contributed by atoms with E-state index in [1.165, 1.54) is 13.8 Å². The molecule has 18 rings (SSSR count). The molecule has 9 aliphatic heterocycles. The van der Waals surface area contributed by atoms with Crippen LogP contribution >= 0.6 is 0 Å². The molecule has 0 spiro atoms. The zero-order valence-corrected chi connectivity index (χ0v) is 67.6. The summed E-state index contributed by atoms with van der Waals surface area (Å²) in [7, 11) is 0. The van der Waals surface area contributed by atoms with Gasteiger partial charge in [-0.2, -0.15) is 0 Å². The molecular weight excluding hydrogens is 1660 g/mol. The predicted octanol–water partition coefficient (Wildman–Crippen LogP) is 4.98. The highest BCUT2D eigenvalue weighted by Gasteiger charge is 2.50. The fraction of sp³-hybridized carbons (Fsp3) is 0.364. The van der Waals surface area contributed by atoms with Gasteiger partial charge in [-0.05, 0) is 139 Å². The summed E-state index contributed by atoms with van der Waals surface area (Å²) in [5.41, 5.74) is 7.44. The van der Waals surface area contributed by atoms with E-state index in [0.29, 0.717) is 150 Å². The molecule has 10 N–H and O–H groups in total. The van der Waals surface area contributed by atoms with Crippen LogP contribution in [0, 0.1) is 0 Å². The number of carbonyl (C=O) groups is 8. The quantitative estimate of drug-likeness (QED) is 0.0355. The Balaban J connectivity index is 0.000000139. The van der Waals surface area contributed by atoms with Crippen molar-refractivity contribution < 1.29 is 184 Å². The Bertz CT molecular complexity index is 5900. The van der Waals surface area contributed by atoms with Gasteiger partial charge < -0.3 is 146 Å².